The van der Waals surface area contributed by atoms with Gasteiger partial charge in [-0.25, -0.2) is 19.1 Å². The summed E-state index contributed by atoms with van der Waals surface area (Å²) in [6.07, 6.45) is 1.79. The Morgan fingerprint density at radius 2 is 2.08 bits per heavy atom. The lowest BCUT2D eigenvalue weighted by Gasteiger charge is -2.27. The molecule has 0 unspecified atom stereocenters. The maximum atomic E-state index is 12.1. The van der Waals surface area contributed by atoms with Crippen molar-refractivity contribution in [3.05, 3.63) is 45.7 Å². The molecule has 3 rings (SSSR count). The number of aromatic carboxylic acids is 1. The Labute approximate surface area is 156 Å². The van der Waals surface area contributed by atoms with Gasteiger partial charge in [-0.15, -0.1) is 0 Å². The highest BCUT2D eigenvalue weighted by molar-refractivity contribution is 9.10. The molecular weight excluding hydrogens is 406 g/mol. The molecule has 10 heteroatoms. The fraction of sp³-hybridized carbons (Fsp3) is 0.250. The van der Waals surface area contributed by atoms with Crippen molar-refractivity contribution in [3.8, 4) is 5.69 Å². The Bertz CT molecular complexity index is 902. The molecule has 0 atom stereocenters. The predicted molar refractivity (Wildman–Crippen MR) is 93.9 cm³/mol. The Kier molecular flexibility index (Phi) is 5.15. The number of fused-ring (bicyclic) bond motifs is 1. The molecule has 26 heavy (non-hydrogen) atoms. The van der Waals surface area contributed by atoms with Crippen molar-refractivity contribution in [1.29, 1.82) is 0 Å². The first-order valence-corrected chi connectivity index (χ1v) is 8.47. The minimum Gasteiger partial charge on any atom is -0.476 e. The molecule has 1 aliphatic rings. The van der Waals surface area contributed by atoms with Gasteiger partial charge in [-0.05, 0) is 24.3 Å². The molecule has 0 fully saturated rings. The zero-order chi connectivity index (χ0) is 18.7. The van der Waals surface area contributed by atoms with Crippen LogP contribution in [0.5, 0.6) is 0 Å². The number of carbonyl (C=O) groups is 2. The van der Waals surface area contributed by atoms with Crippen LogP contribution in [-0.4, -0.2) is 51.1 Å². The van der Waals surface area contributed by atoms with Crippen LogP contribution in [-0.2, 0) is 17.8 Å². The van der Waals surface area contributed by atoms with E-state index in [0.29, 0.717) is 18.5 Å². The van der Waals surface area contributed by atoms with Crippen molar-refractivity contribution in [2.75, 3.05) is 13.2 Å². The summed E-state index contributed by atoms with van der Waals surface area (Å²) >= 11 is 3.36. The third kappa shape index (κ3) is 3.51. The van der Waals surface area contributed by atoms with E-state index in [9.17, 15) is 19.5 Å². The van der Waals surface area contributed by atoms with E-state index in [4.69, 9.17) is 0 Å². The molecule has 9 nitrogen and oxygen atoms in total. The highest BCUT2D eigenvalue weighted by atomic mass is 79.9. The van der Waals surface area contributed by atoms with E-state index in [-0.39, 0.29) is 18.9 Å². The number of aliphatic imine (C=N–C) groups is 1. The second-order valence-electron chi connectivity index (χ2n) is 5.53. The number of carboxylic acids is 1. The lowest BCUT2D eigenvalue weighted by Crippen LogP contribution is -2.43. The lowest BCUT2D eigenvalue weighted by molar-refractivity contribution is 0.0687. The number of nitrogens with zero attached hydrogens (tertiary/aromatic N) is 4. The first-order chi connectivity index (χ1) is 12.5. The molecule has 0 bridgehead atoms. The van der Waals surface area contributed by atoms with Crippen LogP contribution in [0.15, 0.2) is 33.7 Å². The number of aromatic nitrogens is 2. The smallest absolute Gasteiger partial charge is 0.356 e. The fourth-order valence-corrected chi connectivity index (χ4v) is 3.08. The van der Waals surface area contributed by atoms with Gasteiger partial charge >= 0.3 is 12.0 Å². The third-order valence-electron chi connectivity index (χ3n) is 3.99. The van der Waals surface area contributed by atoms with E-state index in [2.05, 4.69) is 31.3 Å². The van der Waals surface area contributed by atoms with Crippen LogP contribution in [0.3, 0.4) is 0 Å². The summed E-state index contributed by atoms with van der Waals surface area (Å²) in [4.78, 5) is 38.5. The second kappa shape index (κ2) is 7.51. The molecular formula is C16H14BrN5O4. The van der Waals surface area contributed by atoms with Gasteiger partial charge in [0.05, 0.1) is 17.9 Å². The summed E-state index contributed by atoms with van der Waals surface area (Å²) in [6.45, 7) is 0.338. The van der Waals surface area contributed by atoms with Crippen LogP contribution in [0.1, 0.15) is 21.7 Å². The van der Waals surface area contributed by atoms with Crippen molar-refractivity contribution >= 4 is 34.0 Å². The molecule has 0 saturated carbocycles. The number of halogens is 1. The molecule has 2 N–H and O–H groups in total. The zero-order valence-electron chi connectivity index (χ0n) is 13.5. The molecule has 2 amide bonds. The highest BCUT2D eigenvalue weighted by Crippen LogP contribution is 2.26. The number of carbonyl (C=O) groups excluding carboxylic acids is 2. The minimum absolute atomic E-state index is 0.0775. The van der Waals surface area contributed by atoms with Crippen molar-refractivity contribution < 1.29 is 19.5 Å². The predicted octanol–water partition coefficient (Wildman–Crippen LogP) is 1.69. The minimum atomic E-state index is -1.15. The van der Waals surface area contributed by atoms with Gasteiger partial charge in [0.1, 0.15) is 6.67 Å². The van der Waals surface area contributed by atoms with E-state index < -0.39 is 12.0 Å². The van der Waals surface area contributed by atoms with Crippen LogP contribution in [0.25, 0.3) is 5.69 Å². The molecule has 134 valence electrons. The standard InChI is InChI=1S/C16H14BrN5O4/c17-10-1-3-11(4-2-10)22-13-5-6-21(16(26)19-8-18-9-23)7-12(13)14(20-22)15(24)25/h1-4H,5-8H2,(H,19,26)(H,24,25). The van der Waals surface area contributed by atoms with Gasteiger partial charge in [0.15, 0.2) is 5.69 Å². The van der Waals surface area contributed by atoms with Gasteiger partial charge < -0.3 is 15.3 Å². The van der Waals surface area contributed by atoms with E-state index in [1.54, 1.807) is 4.68 Å². The average Bonchev–Trinajstić information content (AvgIpc) is 3.01. The Hall–Kier alpha value is -2.97. The number of nitrogens with one attached hydrogen (secondary N) is 1. The van der Waals surface area contributed by atoms with Gasteiger partial charge in [0.2, 0.25) is 6.08 Å². The number of hydrogen-bond acceptors (Lipinski definition) is 5. The zero-order valence-corrected chi connectivity index (χ0v) is 15.1. The Morgan fingerprint density at radius 1 is 1.35 bits per heavy atom. The van der Waals surface area contributed by atoms with Crippen molar-refractivity contribution in [3.63, 3.8) is 0 Å². The molecule has 1 aromatic heterocycles. The van der Waals surface area contributed by atoms with Crippen LogP contribution in [0.4, 0.5) is 4.79 Å². The van der Waals surface area contributed by atoms with E-state index in [1.165, 1.54) is 11.0 Å². The molecule has 1 aromatic carbocycles. The van der Waals surface area contributed by atoms with Crippen molar-refractivity contribution in [2.45, 2.75) is 13.0 Å². The van der Waals surface area contributed by atoms with E-state index in [1.807, 2.05) is 24.3 Å². The second-order valence-corrected chi connectivity index (χ2v) is 6.44. The normalized spacial score (nSPS) is 12.9. The summed E-state index contributed by atoms with van der Waals surface area (Å²) in [5.74, 6) is -1.15. The van der Waals surface area contributed by atoms with Crippen LogP contribution < -0.4 is 5.32 Å². The summed E-state index contributed by atoms with van der Waals surface area (Å²) in [5.41, 5.74) is 1.93. The van der Waals surface area contributed by atoms with Crippen molar-refractivity contribution in [1.82, 2.24) is 20.0 Å². The first-order valence-electron chi connectivity index (χ1n) is 7.67. The van der Waals surface area contributed by atoms with Gasteiger partial charge in [0.25, 0.3) is 0 Å². The third-order valence-corrected chi connectivity index (χ3v) is 4.52. The Balaban J connectivity index is 1.92. The summed E-state index contributed by atoms with van der Waals surface area (Å²) in [5, 5.41) is 16.2. The van der Waals surface area contributed by atoms with Crippen LogP contribution >= 0.6 is 15.9 Å². The van der Waals surface area contributed by atoms with Gasteiger partial charge in [-0.3, -0.25) is 0 Å². The molecule has 0 radical (unpaired) electrons. The number of carboxylic acid groups (broad SMARTS) is 1. The Morgan fingerprint density at radius 3 is 2.73 bits per heavy atom. The SMILES string of the molecule is O=C=NCNC(=O)N1CCc2c(c(C(=O)O)nn2-c2ccc(Br)cc2)C1. The first kappa shape index (κ1) is 17.8. The lowest BCUT2D eigenvalue weighted by atomic mass is 10.1. The van der Waals surface area contributed by atoms with Crippen molar-refractivity contribution in [2.24, 2.45) is 4.99 Å². The van der Waals surface area contributed by atoms with Gasteiger partial charge in [-0.1, -0.05) is 15.9 Å². The van der Waals surface area contributed by atoms with Gasteiger partial charge in [-0.2, -0.15) is 10.1 Å². The number of urea groups is 1. The van der Waals surface area contributed by atoms with Crippen LogP contribution in [0, 0.1) is 0 Å². The quantitative estimate of drug-likeness (QED) is 0.577. The number of amides is 2. The van der Waals surface area contributed by atoms with E-state index >= 15 is 0 Å². The summed E-state index contributed by atoms with van der Waals surface area (Å²) in [7, 11) is 0. The van der Waals surface area contributed by atoms with Gasteiger partial charge in [0, 0.05) is 23.0 Å². The summed E-state index contributed by atoms with van der Waals surface area (Å²) in [6, 6.07) is 6.93. The van der Waals surface area contributed by atoms with Crippen LogP contribution in [0.2, 0.25) is 0 Å². The number of rotatable bonds is 4. The highest BCUT2D eigenvalue weighted by Gasteiger charge is 2.30. The number of hydrogen-bond donors (Lipinski definition) is 2. The maximum absolute atomic E-state index is 12.1. The fourth-order valence-electron chi connectivity index (χ4n) is 2.81. The molecule has 2 heterocycles. The molecule has 0 spiro atoms. The topological polar surface area (TPSA) is 117 Å². The van der Waals surface area contributed by atoms with E-state index in [0.717, 1.165) is 15.9 Å². The molecule has 0 aliphatic carbocycles. The molecule has 2 aromatic rings. The maximum Gasteiger partial charge on any atom is 0.356 e. The number of benzene rings is 1. The number of isocyanates is 1. The molecule has 1 aliphatic heterocycles. The summed E-state index contributed by atoms with van der Waals surface area (Å²) < 4.78 is 2.51. The average molecular weight is 420 g/mol. The monoisotopic (exact) mass is 419 g/mol. The largest absolute Gasteiger partial charge is 0.476 e. The molecule has 0 saturated heterocycles.